The van der Waals surface area contributed by atoms with Crippen LogP contribution >= 0.6 is 0 Å². The number of oxazole rings is 1. The van der Waals surface area contributed by atoms with E-state index in [1.165, 1.54) is 6.20 Å². The van der Waals surface area contributed by atoms with Gasteiger partial charge in [0.2, 0.25) is 0 Å². The molecule has 2 rings (SSSR count). The highest BCUT2D eigenvalue weighted by atomic mass is 16.6. The Morgan fingerprint density at radius 2 is 2.40 bits per heavy atom. The largest absolute Gasteiger partial charge is 0.425 e. The first-order valence-electron chi connectivity index (χ1n) is 3.91. The minimum Gasteiger partial charge on any atom is -0.405 e. The standard InChI is InChI=1S/C8H5N3O4/c1-2-10-7-6(15-8(10)12)3-5(4-9-7)11(13)14/h2-4H,1H2. The molecule has 2 aromatic rings. The van der Waals surface area contributed by atoms with Crippen LogP contribution in [0.3, 0.4) is 0 Å². The van der Waals surface area contributed by atoms with Gasteiger partial charge in [-0.1, -0.05) is 6.58 Å². The molecule has 0 fully saturated rings. The lowest BCUT2D eigenvalue weighted by molar-refractivity contribution is -0.385. The molecule has 7 nitrogen and oxygen atoms in total. The lowest BCUT2D eigenvalue weighted by atomic mass is 10.4. The van der Waals surface area contributed by atoms with Gasteiger partial charge in [-0.15, -0.1) is 0 Å². The fraction of sp³-hybridized carbons (Fsp3) is 0. The van der Waals surface area contributed by atoms with Gasteiger partial charge in [0.25, 0.3) is 5.69 Å². The van der Waals surface area contributed by atoms with Crippen molar-refractivity contribution in [2.24, 2.45) is 0 Å². The third-order valence-corrected chi connectivity index (χ3v) is 1.83. The highest BCUT2D eigenvalue weighted by Crippen LogP contribution is 2.16. The van der Waals surface area contributed by atoms with Crippen LogP contribution in [0.2, 0.25) is 0 Å². The molecular weight excluding hydrogens is 202 g/mol. The number of hydrogen-bond donors (Lipinski definition) is 0. The van der Waals surface area contributed by atoms with E-state index in [9.17, 15) is 14.9 Å². The summed E-state index contributed by atoms with van der Waals surface area (Å²) < 4.78 is 5.82. The fourth-order valence-corrected chi connectivity index (χ4v) is 1.17. The minimum absolute atomic E-state index is 0.0640. The van der Waals surface area contributed by atoms with Gasteiger partial charge < -0.3 is 4.42 Å². The van der Waals surface area contributed by atoms with E-state index in [1.807, 2.05) is 0 Å². The molecule has 0 aliphatic carbocycles. The molecule has 0 bridgehead atoms. The second kappa shape index (κ2) is 3.05. The van der Waals surface area contributed by atoms with Crippen LogP contribution in [0.4, 0.5) is 5.69 Å². The highest BCUT2D eigenvalue weighted by Gasteiger charge is 2.13. The number of pyridine rings is 1. The van der Waals surface area contributed by atoms with Crippen molar-refractivity contribution in [1.82, 2.24) is 9.55 Å². The summed E-state index contributed by atoms with van der Waals surface area (Å²) in [7, 11) is 0. The summed E-state index contributed by atoms with van der Waals surface area (Å²) >= 11 is 0. The van der Waals surface area contributed by atoms with Gasteiger partial charge in [0.05, 0.1) is 11.0 Å². The summed E-state index contributed by atoms with van der Waals surface area (Å²) in [6.45, 7) is 3.40. The Hall–Kier alpha value is -2.44. The van der Waals surface area contributed by atoms with Crippen molar-refractivity contribution in [1.29, 1.82) is 0 Å². The number of aromatic nitrogens is 2. The summed E-state index contributed by atoms with van der Waals surface area (Å²) in [4.78, 5) is 24.7. The van der Waals surface area contributed by atoms with Crippen LogP contribution in [0.25, 0.3) is 17.4 Å². The molecule has 15 heavy (non-hydrogen) atoms. The van der Waals surface area contributed by atoms with E-state index in [0.29, 0.717) is 0 Å². The first-order chi connectivity index (χ1) is 7.13. The highest BCUT2D eigenvalue weighted by molar-refractivity contribution is 5.72. The molecule has 2 heterocycles. The minimum atomic E-state index is -0.673. The van der Waals surface area contributed by atoms with Crippen molar-refractivity contribution >= 4 is 23.1 Å². The number of hydrogen-bond acceptors (Lipinski definition) is 5. The van der Waals surface area contributed by atoms with E-state index in [2.05, 4.69) is 11.6 Å². The maximum Gasteiger partial charge on any atom is 0.425 e. The zero-order valence-corrected chi connectivity index (χ0v) is 7.41. The van der Waals surface area contributed by atoms with Crippen LogP contribution in [-0.4, -0.2) is 14.5 Å². The van der Waals surface area contributed by atoms with Crippen LogP contribution in [-0.2, 0) is 0 Å². The molecule has 0 atom stereocenters. The Labute approximate surface area is 82.4 Å². The van der Waals surface area contributed by atoms with Gasteiger partial charge in [-0.25, -0.2) is 14.3 Å². The number of rotatable bonds is 2. The third-order valence-electron chi connectivity index (χ3n) is 1.83. The van der Waals surface area contributed by atoms with Crippen molar-refractivity contribution in [2.75, 3.05) is 0 Å². The Morgan fingerprint density at radius 1 is 1.67 bits per heavy atom. The summed E-state index contributed by atoms with van der Waals surface area (Å²) in [5.41, 5.74) is 0.0437. The van der Waals surface area contributed by atoms with E-state index in [1.54, 1.807) is 0 Å². The SMILES string of the molecule is C=Cn1c(=O)oc2cc([N+](=O)[O-])cnc21. The second-order valence-electron chi connectivity index (χ2n) is 2.69. The molecule has 76 valence electrons. The van der Waals surface area contributed by atoms with Crippen LogP contribution in [0.5, 0.6) is 0 Å². The molecule has 0 aliphatic rings. The lowest BCUT2D eigenvalue weighted by Gasteiger charge is -1.91. The van der Waals surface area contributed by atoms with Crippen molar-refractivity contribution in [3.8, 4) is 0 Å². The number of nitro groups is 1. The molecule has 0 saturated carbocycles. The first kappa shape index (κ1) is 9.13. The lowest BCUT2D eigenvalue weighted by Crippen LogP contribution is -2.07. The van der Waals surface area contributed by atoms with Gasteiger partial charge in [0.1, 0.15) is 6.20 Å². The monoisotopic (exact) mass is 207 g/mol. The number of fused-ring (bicyclic) bond motifs is 1. The predicted molar refractivity (Wildman–Crippen MR) is 51.3 cm³/mol. The summed E-state index contributed by atoms with van der Waals surface area (Å²) in [5.74, 6) is -0.673. The van der Waals surface area contributed by atoms with Crippen LogP contribution in [0.15, 0.2) is 28.1 Å². The van der Waals surface area contributed by atoms with E-state index in [-0.39, 0.29) is 16.9 Å². The molecule has 0 aromatic carbocycles. The molecule has 2 aromatic heterocycles. The van der Waals surface area contributed by atoms with Crippen molar-refractivity contribution in [2.45, 2.75) is 0 Å². The topological polar surface area (TPSA) is 91.2 Å². The Balaban J connectivity index is 2.80. The van der Waals surface area contributed by atoms with E-state index < -0.39 is 10.7 Å². The Bertz CT molecular complexity index is 610. The van der Waals surface area contributed by atoms with E-state index in [4.69, 9.17) is 4.42 Å². The van der Waals surface area contributed by atoms with Crippen LogP contribution in [0, 0.1) is 10.1 Å². The molecule has 0 spiro atoms. The smallest absolute Gasteiger partial charge is 0.405 e. The van der Waals surface area contributed by atoms with Crippen molar-refractivity contribution in [3.05, 3.63) is 39.5 Å². The molecular formula is C8H5N3O4. The van der Waals surface area contributed by atoms with Gasteiger partial charge in [0.15, 0.2) is 11.2 Å². The average molecular weight is 207 g/mol. The van der Waals surface area contributed by atoms with Crippen molar-refractivity contribution < 1.29 is 9.34 Å². The Morgan fingerprint density at radius 3 is 3.00 bits per heavy atom. The van der Waals surface area contributed by atoms with Crippen LogP contribution < -0.4 is 5.76 Å². The maximum atomic E-state index is 11.2. The second-order valence-corrected chi connectivity index (χ2v) is 2.69. The van der Waals surface area contributed by atoms with E-state index >= 15 is 0 Å². The predicted octanol–water partition coefficient (Wildman–Crippen LogP) is 0.998. The van der Waals surface area contributed by atoms with E-state index in [0.717, 1.165) is 16.8 Å². The number of nitrogens with zero attached hydrogens (tertiary/aromatic N) is 3. The maximum absolute atomic E-state index is 11.2. The average Bonchev–Trinajstić information content (AvgIpc) is 2.51. The molecule has 7 heteroatoms. The molecule has 0 unspecified atom stereocenters. The summed E-state index contributed by atoms with van der Waals surface area (Å²) in [6.07, 6.45) is 2.28. The van der Waals surface area contributed by atoms with Crippen LogP contribution in [0.1, 0.15) is 0 Å². The molecule has 0 aliphatic heterocycles. The normalized spacial score (nSPS) is 10.4. The quantitative estimate of drug-likeness (QED) is 0.541. The van der Waals surface area contributed by atoms with Gasteiger partial charge in [-0.05, 0) is 0 Å². The molecule has 0 saturated heterocycles. The van der Waals surface area contributed by atoms with Crippen molar-refractivity contribution in [3.63, 3.8) is 0 Å². The van der Waals surface area contributed by atoms with Gasteiger partial charge in [0, 0.05) is 6.20 Å². The molecule has 0 radical (unpaired) electrons. The molecule has 0 N–H and O–H groups in total. The summed E-state index contributed by atoms with van der Waals surface area (Å²) in [6, 6.07) is 1.14. The van der Waals surface area contributed by atoms with Gasteiger partial charge in [-0.3, -0.25) is 10.1 Å². The summed E-state index contributed by atoms with van der Waals surface area (Å²) in [5, 5.41) is 10.4. The van der Waals surface area contributed by atoms with Gasteiger partial charge in [-0.2, -0.15) is 0 Å². The third kappa shape index (κ3) is 1.30. The fourth-order valence-electron chi connectivity index (χ4n) is 1.17. The zero-order valence-electron chi connectivity index (χ0n) is 7.41. The Kier molecular flexibility index (Phi) is 1.86. The zero-order chi connectivity index (χ0) is 11.0. The van der Waals surface area contributed by atoms with Gasteiger partial charge >= 0.3 is 5.76 Å². The molecule has 0 amide bonds. The first-order valence-corrected chi connectivity index (χ1v) is 3.91.